The molecule has 100 valence electrons. The molecule has 0 aliphatic carbocycles. The van der Waals surface area contributed by atoms with Crippen molar-refractivity contribution in [2.45, 2.75) is 19.8 Å². The quantitative estimate of drug-likeness (QED) is 0.815. The van der Waals surface area contributed by atoms with Gasteiger partial charge < -0.3 is 9.80 Å². The van der Waals surface area contributed by atoms with Crippen LogP contribution in [0.25, 0.3) is 0 Å². The largest absolute Gasteiger partial charge is 0.371 e. The lowest BCUT2D eigenvalue weighted by atomic mass is 10.0. The van der Waals surface area contributed by atoms with Gasteiger partial charge in [-0.1, -0.05) is 19.1 Å². The van der Waals surface area contributed by atoms with Crippen molar-refractivity contribution in [2.75, 3.05) is 42.2 Å². The van der Waals surface area contributed by atoms with Crippen molar-refractivity contribution < 1.29 is 0 Å². The van der Waals surface area contributed by atoms with E-state index in [1.54, 1.807) is 0 Å². The number of hydrogen-bond donors (Lipinski definition) is 1. The Balaban J connectivity index is 2.00. The second kappa shape index (κ2) is 6.37. The Morgan fingerprint density at radius 3 is 2.61 bits per heavy atom. The summed E-state index contributed by atoms with van der Waals surface area (Å²) in [5, 5.41) is 0. The van der Waals surface area contributed by atoms with E-state index in [9.17, 15) is 0 Å². The lowest BCUT2D eigenvalue weighted by molar-refractivity contribution is 0.513. The molecule has 1 aromatic rings. The van der Waals surface area contributed by atoms with E-state index >= 15 is 0 Å². The Labute approximate surface area is 116 Å². The number of para-hydroxylation sites is 2. The van der Waals surface area contributed by atoms with Crippen molar-refractivity contribution in [2.24, 2.45) is 5.92 Å². The van der Waals surface area contributed by atoms with Gasteiger partial charge in [0.1, 0.15) is 0 Å². The molecule has 1 aliphatic rings. The maximum Gasteiger partial charge on any atom is 0.0604 e. The summed E-state index contributed by atoms with van der Waals surface area (Å²) in [5.41, 5.74) is 2.76. The molecule has 0 fully saturated rings. The Morgan fingerprint density at radius 2 is 1.89 bits per heavy atom. The molecule has 1 aromatic carbocycles. The molecule has 0 N–H and O–H groups in total. The highest BCUT2D eigenvalue weighted by molar-refractivity contribution is 7.80. The summed E-state index contributed by atoms with van der Waals surface area (Å²) < 4.78 is 0. The fraction of sp³-hybridized carbons (Fsp3) is 0.600. The van der Waals surface area contributed by atoms with Gasteiger partial charge in [-0.3, -0.25) is 0 Å². The van der Waals surface area contributed by atoms with E-state index in [-0.39, 0.29) is 0 Å². The number of benzene rings is 1. The van der Waals surface area contributed by atoms with Crippen LogP contribution in [0.4, 0.5) is 11.4 Å². The first-order valence-corrected chi connectivity index (χ1v) is 7.51. The molecule has 1 atom stereocenters. The van der Waals surface area contributed by atoms with Gasteiger partial charge in [-0.05, 0) is 36.6 Å². The molecule has 0 aromatic heterocycles. The Bertz CT molecular complexity index is 381. The molecule has 3 heteroatoms. The minimum absolute atomic E-state index is 0.773. The standard InChI is InChI=1S/C15H24N2S/c1-13(8-12-18)7-9-17-11-10-16(2)14-5-3-4-6-15(14)17/h3-6,13,18H,7-12H2,1-2H3. The number of rotatable bonds is 5. The van der Waals surface area contributed by atoms with Gasteiger partial charge in [-0.25, -0.2) is 0 Å². The zero-order chi connectivity index (χ0) is 13.0. The second-order valence-electron chi connectivity index (χ2n) is 5.30. The third kappa shape index (κ3) is 3.14. The summed E-state index contributed by atoms with van der Waals surface area (Å²) >= 11 is 4.32. The van der Waals surface area contributed by atoms with Gasteiger partial charge in [0.05, 0.1) is 11.4 Å². The van der Waals surface area contributed by atoms with E-state index in [1.807, 2.05) is 0 Å². The van der Waals surface area contributed by atoms with Crippen LogP contribution < -0.4 is 9.80 Å². The fourth-order valence-corrected chi connectivity index (χ4v) is 2.98. The Hall–Kier alpha value is -0.830. The molecule has 2 nitrogen and oxygen atoms in total. The molecule has 0 radical (unpaired) electrons. The highest BCUT2D eigenvalue weighted by Gasteiger charge is 2.19. The maximum absolute atomic E-state index is 4.32. The molecule has 0 saturated heterocycles. The van der Waals surface area contributed by atoms with Crippen molar-refractivity contribution >= 4 is 24.0 Å². The summed E-state index contributed by atoms with van der Waals surface area (Å²) in [6.07, 6.45) is 2.48. The van der Waals surface area contributed by atoms with E-state index in [4.69, 9.17) is 0 Å². The van der Waals surface area contributed by atoms with Crippen molar-refractivity contribution in [1.29, 1.82) is 0 Å². The Morgan fingerprint density at radius 1 is 1.17 bits per heavy atom. The van der Waals surface area contributed by atoms with Crippen LogP contribution in [0.15, 0.2) is 24.3 Å². The van der Waals surface area contributed by atoms with E-state index in [0.717, 1.165) is 24.8 Å². The average molecular weight is 264 g/mol. The number of likely N-dealkylation sites (N-methyl/N-ethyl adjacent to an activating group) is 1. The van der Waals surface area contributed by atoms with Gasteiger partial charge >= 0.3 is 0 Å². The van der Waals surface area contributed by atoms with Gasteiger partial charge in [-0.2, -0.15) is 12.6 Å². The van der Waals surface area contributed by atoms with E-state index in [0.29, 0.717) is 0 Å². The first kappa shape index (κ1) is 13.6. The SMILES string of the molecule is CC(CCS)CCN1CCN(C)c2ccccc21. The van der Waals surface area contributed by atoms with Crippen LogP contribution in [-0.4, -0.2) is 32.4 Å². The van der Waals surface area contributed by atoms with Crippen LogP contribution in [0, 0.1) is 5.92 Å². The molecule has 0 saturated carbocycles. The molecule has 1 unspecified atom stereocenters. The zero-order valence-corrected chi connectivity index (χ0v) is 12.4. The smallest absolute Gasteiger partial charge is 0.0604 e. The average Bonchev–Trinajstić information content (AvgIpc) is 2.39. The normalized spacial score (nSPS) is 16.6. The highest BCUT2D eigenvalue weighted by atomic mass is 32.1. The molecule has 0 spiro atoms. The third-order valence-corrected chi connectivity index (χ3v) is 4.11. The van der Waals surface area contributed by atoms with Crippen LogP contribution in [0.1, 0.15) is 19.8 Å². The molecule has 0 amide bonds. The molecule has 1 aliphatic heterocycles. The first-order valence-electron chi connectivity index (χ1n) is 6.88. The van der Waals surface area contributed by atoms with Gasteiger partial charge in [0.2, 0.25) is 0 Å². The minimum atomic E-state index is 0.773. The third-order valence-electron chi connectivity index (χ3n) is 3.85. The Kier molecular flexibility index (Phi) is 4.81. The molecule has 2 rings (SSSR count). The zero-order valence-electron chi connectivity index (χ0n) is 11.5. The molecule has 0 bridgehead atoms. The fourth-order valence-electron chi connectivity index (χ4n) is 2.54. The summed E-state index contributed by atoms with van der Waals surface area (Å²) in [6.45, 7) is 5.76. The molecule has 1 heterocycles. The highest BCUT2D eigenvalue weighted by Crippen LogP contribution is 2.32. The van der Waals surface area contributed by atoms with Crippen LogP contribution in [-0.2, 0) is 0 Å². The van der Waals surface area contributed by atoms with Gasteiger partial charge in [0.15, 0.2) is 0 Å². The van der Waals surface area contributed by atoms with Crippen LogP contribution in [0.5, 0.6) is 0 Å². The van der Waals surface area contributed by atoms with Crippen LogP contribution >= 0.6 is 12.6 Å². The number of fused-ring (bicyclic) bond motifs is 1. The molecule has 18 heavy (non-hydrogen) atoms. The lowest BCUT2D eigenvalue weighted by Crippen LogP contribution is -2.40. The van der Waals surface area contributed by atoms with Crippen LogP contribution in [0.2, 0.25) is 0 Å². The first-order chi connectivity index (χ1) is 8.72. The van der Waals surface area contributed by atoms with E-state index in [2.05, 4.69) is 60.7 Å². The summed E-state index contributed by atoms with van der Waals surface area (Å²) in [7, 11) is 2.18. The summed E-state index contributed by atoms with van der Waals surface area (Å²) in [4.78, 5) is 4.88. The summed E-state index contributed by atoms with van der Waals surface area (Å²) in [6, 6.07) is 8.73. The second-order valence-corrected chi connectivity index (χ2v) is 5.75. The monoisotopic (exact) mass is 264 g/mol. The van der Waals surface area contributed by atoms with E-state index in [1.165, 1.54) is 30.8 Å². The van der Waals surface area contributed by atoms with Crippen molar-refractivity contribution in [3.05, 3.63) is 24.3 Å². The summed E-state index contributed by atoms with van der Waals surface area (Å²) in [5.74, 6) is 1.77. The predicted molar refractivity (Wildman–Crippen MR) is 84.2 cm³/mol. The van der Waals surface area contributed by atoms with Crippen molar-refractivity contribution in [1.82, 2.24) is 0 Å². The minimum Gasteiger partial charge on any atom is -0.371 e. The number of thiol groups is 1. The van der Waals surface area contributed by atoms with Gasteiger partial charge in [0, 0.05) is 26.7 Å². The number of anilines is 2. The van der Waals surface area contributed by atoms with E-state index < -0.39 is 0 Å². The topological polar surface area (TPSA) is 6.48 Å². The number of hydrogen-bond acceptors (Lipinski definition) is 3. The van der Waals surface area contributed by atoms with Crippen LogP contribution in [0.3, 0.4) is 0 Å². The van der Waals surface area contributed by atoms with Crippen molar-refractivity contribution in [3.8, 4) is 0 Å². The molecular weight excluding hydrogens is 240 g/mol. The maximum atomic E-state index is 4.32. The molecular formula is C15H24N2S. The van der Waals surface area contributed by atoms with Gasteiger partial charge in [0.25, 0.3) is 0 Å². The lowest BCUT2D eigenvalue weighted by Gasteiger charge is -2.37. The number of nitrogens with zero attached hydrogens (tertiary/aromatic N) is 2. The van der Waals surface area contributed by atoms with Gasteiger partial charge in [-0.15, -0.1) is 0 Å². The van der Waals surface area contributed by atoms with Crippen molar-refractivity contribution in [3.63, 3.8) is 0 Å². The predicted octanol–water partition coefficient (Wildman–Crippen LogP) is 3.29.